The smallest absolute Gasteiger partial charge is 0.226 e. The minimum atomic E-state index is -0.292. The molecule has 1 aliphatic rings. The van der Waals surface area contributed by atoms with Gasteiger partial charge >= 0.3 is 0 Å². The molecular formula is C21H24F2N2O. The number of amides is 1. The van der Waals surface area contributed by atoms with Crippen LogP contribution in [0.1, 0.15) is 30.5 Å². The number of aryl methyl sites for hydroxylation is 1. The average molecular weight is 358 g/mol. The van der Waals surface area contributed by atoms with Gasteiger partial charge in [0.15, 0.2) is 0 Å². The molecule has 0 aromatic heterocycles. The van der Waals surface area contributed by atoms with Gasteiger partial charge in [-0.1, -0.05) is 31.2 Å². The zero-order valence-corrected chi connectivity index (χ0v) is 14.9. The van der Waals surface area contributed by atoms with Crippen LogP contribution in [0.3, 0.4) is 0 Å². The van der Waals surface area contributed by atoms with Gasteiger partial charge in [-0.3, -0.25) is 4.79 Å². The maximum Gasteiger partial charge on any atom is 0.226 e. The highest BCUT2D eigenvalue weighted by Gasteiger charge is 2.30. The van der Waals surface area contributed by atoms with Crippen molar-refractivity contribution in [1.82, 2.24) is 10.2 Å². The van der Waals surface area contributed by atoms with Crippen molar-refractivity contribution in [3.63, 3.8) is 0 Å². The molecule has 3 rings (SSSR count). The molecule has 26 heavy (non-hydrogen) atoms. The average Bonchev–Trinajstić information content (AvgIpc) is 2.65. The summed E-state index contributed by atoms with van der Waals surface area (Å²) in [5.41, 5.74) is 1.70. The van der Waals surface area contributed by atoms with Gasteiger partial charge in [0, 0.05) is 25.6 Å². The van der Waals surface area contributed by atoms with Crippen LogP contribution in [0.4, 0.5) is 8.78 Å². The second kappa shape index (κ2) is 8.41. The van der Waals surface area contributed by atoms with E-state index in [0.29, 0.717) is 25.9 Å². The first-order chi connectivity index (χ1) is 12.5. The van der Waals surface area contributed by atoms with Crippen molar-refractivity contribution in [2.24, 2.45) is 5.92 Å². The minimum Gasteiger partial charge on any atom is -0.333 e. The molecule has 1 fully saturated rings. The molecule has 2 atom stereocenters. The van der Waals surface area contributed by atoms with Crippen molar-refractivity contribution in [1.29, 1.82) is 0 Å². The lowest BCUT2D eigenvalue weighted by Gasteiger charge is -2.38. The zero-order valence-electron chi connectivity index (χ0n) is 14.9. The van der Waals surface area contributed by atoms with Gasteiger partial charge < -0.3 is 10.2 Å². The van der Waals surface area contributed by atoms with E-state index < -0.39 is 0 Å². The fraction of sp³-hybridized carbons (Fsp3) is 0.381. The molecule has 1 saturated heterocycles. The van der Waals surface area contributed by atoms with Crippen LogP contribution in [-0.2, 0) is 11.2 Å². The Hall–Kier alpha value is -2.27. The highest BCUT2D eigenvalue weighted by atomic mass is 19.1. The largest absolute Gasteiger partial charge is 0.333 e. The van der Waals surface area contributed by atoms with Crippen LogP contribution < -0.4 is 5.32 Å². The Balaban J connectivity index is 1.67. The van der Waals surface area contributed by atoms with Crippen LogP contribution >= 0.6 is 0 Å². The lowest BCUT2D eigenvalue weighted by atomic mass is 9.96. The third kappa shape index (κ3) is 4.47. The Labute approximate surface area is 153 Å². The zero-order chi connectivity index (χ0) is 18.5. The number of nitrogens with one attached hydrogen (secondary N) is 1. The van der Waals surface area contributed by atoms with Crippen LogP contribution in [0.5, 0.6) is 0 Å². The van der Waals surface area contributed by atoms with Crippen molar-refractivity contribution in [3.8, 4) is 0 Å². The Morgan fingerprint density at radius 2 is 1.92 bits per heavy atom. The Bertz CT molecular complexity index is 765. The van der Waals surface area contributed by atoms with Crippen LogP contribution in [0.15, 0.2) is 48.5 Å². The molecule has 2 aromatic carbocycles. The summed E-state index contributed by atoms with van der Waals surface area (Å²) in [5.74, 6) is -0.654. The van der Waals surface area contributed by atoms with Crippen LogP contribution in [0.25, 0.3) is 0 Å². The van der Waals surface area contributed by atoms with Crippen molar-refractivity contribution >= 4 is 5.91 Å². The maximum absolute atomic E-state index is 13.6. The molecule has 1 heterocycles. The molecule has 1 amide bonds. The predicted octanol–water partition coefficient (Wildman–Crippen LogP) is 3.71. The first kappa shape index (κ1) is 18.5. The van der Waals surface area contributed by atoms with Gasteiger partial charge in [-0.05, 0) is 48.2 Å². The van der Waals surface area contributed by atoms with E-state index in [2.05, 4.69) is 5.32 Å². The van der Waals surface area contributed by atoms with Gasteiger partial charge in [0.05, 0.1) is 6.04 Å². The molecule has 2 aromatic rings. The second-order valence-electron chi connectivity index (χ2n) is 6.88. The van der Waals surface area contributed by atoms with Gasteiger partial charge in [-0.2, -0.15) is 0 Å². The topological polar surface area (TPSA) is 32.3 Å². The molecular weight excluding hydrogens is 334 g/mol. The normalized spacial score (nSPS) is 18.6. The summed E-state index contributed by atoms with van der Waals surface area (Å²) < 4.78 is 26.9. The molecule has 1 N–H and O–H groups in total. The van der Waals surface area contributed by atoms with E-state index in [4.69, 9.17) is 0 Å². The monoisotopic (exact) mass is 358 g/mol. The molecule has 5 heteroatoms. The van der Waals surface area contributed by atoms with E-state index in [1.165, 1.54) is 24.3 Å². The van der Waals surface area contributed by atoms with Gasteiger partial charge in [0.1, 0.15) is 11.6 Å². The first-order valence-electron chi connectivity index (χ1n) is 9.05. The summed E-state index contributed by atoms with van der Waals surface area (Å²) in [5, 5.41) is 3.28. The third-order valence-electron chi connectivity index (χ3n) is 4.94. The van der Waals surface area contributed by atoms with Gasteiger partial charge in [-0.15, -0.1) is 0 Å². The van der Waals surface area contributed by atoms with E-state index in [0.717, 1.165) is 17.7 Å². The summed E-state index contributed by atoms with van der Waals surface area (Å²) in [6, 6.07) is 12.8. The molecule has 0 spiro atoms. The molecule has 0 bridgehead atoms. The van der Waals surface area contributed by atoms with E-state index in [1.807, 2.05) is 24.0 Å². The Morgan fingerprint density at radius 3 is 2.65 bits per heavy atom. The number of piperazine rings is 1. The molecule has 2 unspecified atom stereocenters. The van der Waals surface area contributed by atoms with Gasteiger partial charge in [0.2, 0.25) is 5.91 Å². The summed E-state index contributed by atoms with van der Waals surface area (Å²) in [6.07, 6.45) is 1.31. The highest BCUT2D eigenvalue weighted by Crippen LogP contribution is 2.25. The Morgan fingerprint density at radius 1 is 1.19 bits per heavy atom. The molecule has 138 valence electrons. The van der Waals surface area contributed by atoms with E-state index >= 15 is 0 Å². The fourth-order valence-electron chi connectivity index (χ4n) is 3.46. The van der Waals surface area contributed by atoms with Crippen LogP contribution in [0, 0.1) is 17.6 Å². The van der Waals surface area contributed by atoms with Crippen LogP contribution in [0.2, 0.25) is 0 Å². The van der Waals surface area contributed by atoms with Gasteiger partial charge in [-0.25, -0.2) is 8.78 Å². The lowest BCUT2D eigenvalue weighted by molar-refractivity contribution is -0.138. The number of rotatable bonds is 5. The molecule has 1 aliphatic heterocycles. The highest BCUT2D eigenvalue weighted by molar-refractivity contribution is 5.79. The van der Waals surface area contributed by atoms with Crippen LogP contribution in [-0.4, -0.2) is 30.4 Å². The van der Waals surface area contributed by atoms with Crippen molar-refractivity contribution in [2.75, 3.05) is 19.6 Å². The standard InChI is InChI=1S/C21H24F2N2O/c1-15(8-9-16-4-2-6-18(22)12-16)21(26)25-11-10-24-14-20(25)17-5-3-7-19(23)13-17/h2-7,12-13,15,20,24H,8-11,14H2,1H3. The quantitative estimate of drug-likeness (QED) is 0.884. The second-order valence-corrected chi connectivity index (χ2v) is 6.88. The molecule has 3 nitrogen and oxygen atoms in total. The molecule has 0 aliphatic carbocycles. The molecule has 0 saturated carbocycles. The maximum atomic E-state index is 13.6. The number of hydrogen-bond donors (Lipinski definition) is 1. The predicted molar refractivity (Wildman–Crippen MR) is 97.6 cm³/mol. The Kier molecular flexibility index (Phi) is 5.99. The van der Waals surface area contributed by atoms with Gasteiger partial charge in [0.25, 0.3) is 0 Å². The molecule has 0 radical (unpaired) electrons. The summed E-state index contributed by atoms with van der Waals surface area (Å²) >= 11 is 0. The first-order valence-corrected chi connectivity index (χ1v) is 9.05. The summed E-state index contributed by atoms with van der Waals surface area (Å²) in [7, 11) is 0. The SMILES string of the molecule is CC(CCc1cccc(F)c1)C(=O)N1CCNCC1c1cccc(F)c1. The van der Waals surface area contributed by atoms with E-state index in [9.17, 15) is 13.6 Å². The number of halogens is 2. The van der Waals surface area contributed by atoms with E-state index in [-0.39, 0.29) is 29.5 Å². The van der Waals surface area contributed by atoms with Crippen molar-refractivity contribution in [2.45, 2.75) is 25.8 Å². The number of carbonyl (C=O) groups excluding carboxylic acids is 1. The lowest BCUT2D eigenvalue weighted by Crippen LogP contribution is -2.50. The number of benzene rings is 2. The summed E-state index contributed by atoms with van der Waals surface area (Å²) in [4.78, 5) is 14.8. The number of hydrogen-bond acceptors (Lipinski definition) is 2. The third-order valence-corrected chi connectivity index (χ3v) is 4.94. The minimum absolute atomic E-state index is 0.0668. The number of carbonyl (C=O) groups is 1. The summed E-state index contributed by atoms with van der Waals surface area (Å²) in [6.45, 7) is 3.86. The fourth-order valence-corrected chi connectivity index (χ4v) is 3.46. The van der Waals surface area contributed by atoms with Crippen molar-refractivity contribution < 1.29 is 13.6 Å². The number of nitrogens with zero attached hydrogens (tertiary/aromatic N) is 1. The van der Waals surface area contributed by atoms with E-state index in [1.54, 1.807) is 12.1 Å². The van der Waals surface area contributed by atoms with Crippen molar-refractivity contribution in [3.05, 3.63) is 71.3 Å².